The van der Waals surface area contributed by atoms with Crippen LogP contribution in [0.2, 0.25) is 5.16 Å². The average molecular weight is 397 g/mol. The molecule has 0 radical (unpaired) electrons. The monoisotopic (exact) mass is 396 g/mol. The van der Waals surface area contributed by atoms with Crippen LogP contribution in [0.25, 0.3) is 10.8 Å². The summed E-state index contributed by atoms with van der Waals surface area (Å²) in [6.07, 6.45) is 3.89. The highest BCUT2D eigenvalue weighted by Crippen LogP contribution is 2.19. The van der Waals surface area contributed by atoms with Crippen LogP contribution in [0, 0.1) is 0 Å². The number of benzene rings is 4. The van der Waals surface area contributed by atoms with Crippen LogP contribution in [0.5, 0.6) is 0 Å². The smallest absolute Gasteiger partial charge is 0.0550 e. The lowest BCUT2D eigenvalue weighted by Gasteiger charge is -2.16. The molecule has 140 valence electrons. The molecule has 0 spiro atoms. The number of rotatable bonds is 8. The molecule has 0 aliphatic heterocycles. The van der Waals surface area contributed by atoms with E-state index in [1.165, 1.54) is 35.6 Å². The summed E-state index contributed by atoms with van der Waals surface area (Å²) in [4.78, 5) is 0. The fourth-order valence-corrected chi connectivity index (χ4v) is 10.1. The minimum atomic E-state index is -0.213. The Hall–Kier alpha value is -2.43. The van der Waals surface area contributed by atoms with Gasteiger partial charge in [0.2, 0.25) is 0 Å². The summed E-state index contributed by atoms with van der Waals surface area (Å²) in [5, 5.41) is 6.93. The van der Waals surface area contributed by atoms with Crippen molar-refractivity contribution in [3.63, 3.8) is 0 Å². The van der Waals surface area contributed by atoms with E-state index in [2.05, 4.69) is 103 Å². The molecule has 4 aromatic carbocycles. The minimum Gasteiger partial charge on any atom is -0.0669 e. The summed E-state index contributed by atoms with van der Waals surface area (Å²) >= 11 is 0. The molecule has 2 heteroatoms. The SMILES string of the molecule is c1ccc([SiH2]C(CCCc2ccc3ccccc3c2)[SiH2]c2ccccc2)cc1. The molecule has 0 N–H and O–H groups in total. The van der Waals surface area contributed by atoms with Crippen molar-refractivity contribution >= 4 is 40.2 Å². The maximum absolute atomic E-state index is 2.38. The second-order valence-corrected chi connectivity index (χ2v) is 13.7. The van der Waals surface area contributed by atoms with Crippen molar-refractivity contribution in [3.8, 4) is 0 Å². The second kappa shape index (κ2) is 9.67. The van der Waals surface area contributed by atoms with E-state index in [0.717, 1.165) is 5.16 Å². The van der Waals surface area contributed by atoms with Crippen LogP contribution in [0.1, 0.15) is 18.4 Å². The van der Waals surface area contributed by atoms with Crippen LogP contribution in [-0.4, -0.2) is 19.0 Å². The topological polar surface area (TPSA) is 0 Å². The van der Waals surface area contributed by atoms with Crippen molar-refractivity contribution in [3.05, 3.63) is 109 Å². The van der Waals surface area contributed by atoms with Gasteiger partial charge in [0, 0.05) is 0 Å². The van der Waals surface area contributed by atoms with E-state index in [9.17, 15) is 0 Å². The lowest BCUT2D eigenvalue weighted by Crippen LogP contribution is -2.29. The molecule has 0 fully saturated rings. The Balaban J connectivity index is 1.40. The summed E-state index contributed by atoms with van der Waals surface area (Å²) in [5.74, 6) is 0. The minimum absolute atomic E-state index is 0.213. The molecule has 4 aromatic rings. The molecule has 0 heterocycles. The van der Waals surface area contributed by atoms with E-state index in [4.69, 9.17) is 0 Å². The van der Waals surface area contributed by atoms with Gasteiger partial charge in [-0.15, -0.1) is 0 Å². The molecular formula is C26H28Si2. The Morgan fingerprint density at radius 3 is 1.79 bits per heavy atom. The zero-order chi connectivity index (χ0) is 19.0. The lowest BCUT2D eigenvalue weighted by molar-refractivity contribution is 0.769. The first-order chi connectivity index (χ1) is 13.9. The van der Waals surface area contributed by atoms with E-state index in [-0.39, 0.29) is 19.0 Å². The fourth-order valence-electron chi connectivity index (χ4n) is 4.16. The Bertz CT molecular complexity index is 955. The summed E-state index contributed by atoms with van der Waals surface area (Å²) in [6.45, 7) is 0. The number of hydrogen-bond acceptors (Lipinski definition) is 0. The third-order valence-corrected chi connectivity index (χ3v) is 11.2. The Labute approximate surface area is 173 Å². The normalized spacial score (nSPS) is 13.0. The van der Waals surface area contributed by atoms with Gasteiger partial charge in [-0.25, -0.2) is 0 Å². The molecule has 0 aliphatic rings. The first-order valence-corrected chi connectivity index (χ1v) is 13.5. The fraction of sp³-hybridized carbons (Fsp3) is 0.154. The molecule has 0 bridgehead atoms. The molecule has 28 heavy (non-hydrogen) atoms. The number of fused-ring (bicyclic) bond motifs is 1. The second-order valence-electron chi connectivity index (χ2n) is 7.82. The van der Waals surface area contributed by atoms with Crippen molar-refractivity contribution < 1.29 is 0 Å². The molecule has 0 atom stereocenters. The Morgan fingerprint density at radius 1 is 0.571 bits per heavy atom. The molecule has 0 amide bonds. The third kappa shape index (κ3) is 5.31. The van der Waals surface area contributed by atoms with Crippen molar-refractivity contribution in [1.29, 1.82) is 0 Å². The van der Waals surface area contributed by atoms with Crippen LogP contribution in [0.15, 0.2) is 103 Å². The molecule has 0 unspecified atom stereocenters. The molecular weight excluding hydrogens is 368 g/mol. The van der Waals surface area contributed by atoms with Crippen LogP contribution in [0.3, 0.4) is 0 Å². The Kier molecular flexibility index (Phi) is 6.53. The average Bonchev–Trinajstić information content (AvgIpc) is 2.75. The van der Waals surface area contributed by atoms with E-state index in [0.29, 0.717) is 0 Å². The van der Waals surface area contributed by atoms with E-state index >= 15 is 0 Å². The summed E-state index contributed by atoms with van der Waals surface area (Å²) < 4.78 is 0. The van der Waals surface area contributed by atoms with Gasteiger partial charge in [0.25, 0.3) is 0 Å². The van der Waals surface area contributed by atoms with Crippen LogP contribution in [0.4, 0.5) is 0 Å². The molecule has 0 nitrogen and oxygen atoms in total. The first-order valence-electron chi connectivity index (χ1n) is 10.4. The predicted molar refractivity (Wildman–Crippen MR) is 130 cm³/mol. The van der Waals surface area contributed by atoms with Gasteiger partial charge in [-0.2, -0.15) is 0 Å². The van der Waals surface area contributed by atoms with E-state index in [1.54, 1.807) is 10.4 Å². The third-order valence-electron chi connectivity index (χ3n) is 5.63. The van der Waals surface area contributed by atoms with Gasteiger partial charge in [0.05, 0.1) is 19.0 Å². The Morgan fingerprint density at radius 2 is 1.14 bits per heavy atom. The maximum Gasteiger partial charge on any atom is 0.0550 e. The van der Waals surface area contributed by atoms with Crippen LogP contribution < -0.4 is 10.4 Å². The molecule has 0 saturated carbocycles. The van der Waals surface area contributed by atoms with Crippen molar-refractivity contribution in [1.82, 2.24) is 0 Å². The van der Waals surface area contributed by atoms with E-state index < -0.39 is 0 Å². The lowest BCUT2D eigenvalue weighted by atomic mass is 10.0. The van der Waals surface area contributed by atoms with Crippen molar-refractivity contribution in [2.45, 2.75) is 24.4 Å². The van der Waals surface area contributed by atoms with E-state index in [1.807, 2.05) is 0 Å². The van der Waals surface area contributed by atoms with Gasteiger partial charge < -0.3 is 0 Å². The standard InChI is InChI=1S/C26H28Si2/c1-3-13-24(14-4-1)27-26(28-25-15-5-2-6-16-25)17-9-10-21-18-19-22-11-7-8-12-23(22)20-21/h1-8,11-16,18-20,26H,9-10,17,27-28H2. The van der Waals surface area contributed by atoms with Gasteiger partial charge in [-0.1, -0.05) is 125 Å². The highest BCUT2D eigenvalue weighted by atomic mass is 28.3. The first kappa shape index (κ1) is 18.9. The van der Waals surface area contributed by atoms with Crippen LogP contribution in [-0.2, 0) is 6.42 Å². The van der Waals surface area contributed by atoms with Gasteiger partial charge in [0.1, 0.15) is 0 Å². The van der Waals surface area contributed by atoms with Gasteiger partial charge in [-0.05, 0) is 29.2 Å². The highest BCUT2D eigenvalue weighted by molar-refractivity contribution is 6.73. The van der Waals surface area contributed by atoms with Gasteiger partial charge in [0.15, 0.2) is 0 Å². The number of hydrogen-bond donors (Lipinski definition) is 0. The van der Waals surface area contributed by atoms with Gasteiger partial charge in [-0.3, -0.25) is 0 Å². The van der Waals surface area contributed by atoms with Crippen LogP contribution >= 0.6 is 0 Å². The zero-order valence-corrected chi connectivity index (χ0v) is 19.3. The largest absolute Gasteiger partial charge is 0.0669 e. The zero-order valence-electron chi connectivity index (χ0n) is 16.4. The quantitative estimate of drug-likeness (QED) is 0.396. The predicted octanol–water partition coefficient (Wildman–Crippen LogP) is 3.90. The van der Waals surface area contributed by atoms with Crippen molar-refractivity contribution in [2.75, 3.05) is 0 Å². The molecule has 0 aromatic heterocycles. The highest BCUT2D eigenvalue weighted by Gasteiger charge is 2.12. The molecule has 0 aliphatic carbocycles. The number of aryl methyl sites for hydroxylation is 1. The van der Waals surface area contributed by atoms with Gasteiger partial charge >= 0.3 is 0 Å². The van der Waals surface area contributed by atoms with Crippen molar-refractivity contribution in [2.24, 2.45) is 0 Å². The molecule has 0 saturated heterocycles. The maximum atomic E-state index is 2.38. The summed E-state index contributed by atoms with van der Waals surface area (Å²) in [6, 6.07) is 38.2. The summed E-state index contributed by atoms with van der Waals surface area (Å²) in [5.41, 5.74) is 1.49. The molecule has 4 rings (SSSR count). The summed E-state index contributed by atoms with van der Waals surface area (Å²) in [7, 11) is -0.426.